The fourth-order valence-corrected chi connectivity index (χ4v) is 10.1. The maximum Gasteiger partial charge on any atom is 0.238 e. The quantitative estimate of drug-likeness (QED) is 0.167. The first-order chi connectivity index (χ1) is 33.2. The average Bonchev–Trinajstić information content (AvgIpc) is 4.09. The number of benzene rings is 10. The van der Waals surface area contributed by atoms with Gasteiger partial charge in [-0.15, -0.1) is 0 Å². The lowest BCUT2D eigenvalue weighted by atomic mass is 10.0. The van der Waals surface area contributed by atoms with Gasteiger partial charge in [0.1, 0.15) is 5.52 Å². The van der Waals surface area contributed by atoms with Crippen LogP contribution in [0.25, 0.3) is 133 Å². The standard InChI is InChI=1S/C60H36N6O/c1-2-15-37(16-3-1)41-21-12-22-43(36-41)59-61-50-27-14-30-53(56(50)67-59)65-51-28-10-8-24-45(51)47-33-34-48-46-25-9-11-29-52(46)66(55(48)54(47)65)60-63-57(42-32-31-38-17-4-5-19-40(38)35-42)62-58(64-60)49-26-13-20-39-18-6-7-23-44(39)49/h1-36H. The third-order valence-electron chi connectivity index (χ3n) is 13.2. The van der Waals surface area contributed by atoms with Gasteiger partial charge in [0.05, 0.1) is 27.8 Å². The molecular weight excluding hydrogens is 821 g/mol. The minimum absolute atomic E-state index is 0.523. The van der Waals surface area contributed by atoms with E-state index in [1.807, 2.05) is 12.1 Å². The largest absolute Gasteiger partial charge is 0.434 e. The Morgan fingerprint density at radius 3 is 1.78 bits per heavy atom. The second-order valence-electron chi connectivity index (χ2n) is 17.0. The zero-order valence-corrected chi connectivity index (χ0v) is 35.9. The summed E-state index contributed by atoms with van der Waals surface area (Å²) in [5, 5.41) is 8.84. The van der Waals surface area contributed by atoms with Crippen molar-refractivity contribution in [2.75, 3.05) is 0 Å². The summed E-state index contributed by atoms with van der Waals surface area (Å²) in [4.78, 5) is 21.3. The van der Waals surface area contributed by atoms with Gasteiger partial charge in [-0.2, -0.15) is 9.97 Å². The summed E-state index contributed by atoms with van der Waals surface area (Å²) in [6.07, 6.45) is 0. The van der Waals surface area contributed by atoms with Crippen LogP contribution in [0.5, 0.6) is 0 Å². The minimum Gasteiger partial charge on any atom is -0.434 e. The first-order valence-electron chi connectivity index (χ1n) is 22.5. The van der Waals surface area contributed by atoms with E-state index in [4.69, 9.17) is 24.4 Å². The summed E-state index contributed by atoms with van der Waals surface area (Å²) >= 11 is 0. The molecule has 0 aliphatic carbocycles. The number of nitrogens with zero attached hydrogens (tertiary/aromatic N) is 6. The predicted octanol–water partition coefficient (Wildman–Crippen LogP) is 15.2. The molecule has 0 amide bonds. The van der Waals surface area contributed by atoms with Crippen molar-refractivity contribution in [2.24, 2.45) is 0 Å². The third-order valence-corrected chi connectivity index (χ3v) is 13.2. The Morgan fingerprint density at radius 2 is 0.955 bits per heavy atom. The van der Waals surface area contributed by atoms with E-state index in [0.717, 1.165) is 104 Å². The van der Waals surface area contributed by atoms with Gasteiger partial charge in [-0.25, -0.2) is 9.97 Å². The molecule has 67 heavy (non-hydrogen) atoms. The number of rotatable bonds is 6. The lowest BCUT2D eigenvalue weighted by molar-refractivity contribution is 0.618. The molecular formula is C60H36N6O. The molecule has 0 atom stereocenters. The molecule has 0 saturated carbocycles. The topological polar surface area (TPSA) is 74.6 Å². The number of aromatic nitrogens is 6. The lowest BCUT2D eigenvalue weighted by Crippen LogP contribution is -2.07. The molecule has 10 aromatic carbocycles. The Labute approximate surface area is 383 Å². The first kappa shape index (κ1) is 37.2. The maximum atomic E-state index is 6.91. The van der Waals surface area contributed by atoms with Crippen LogP contribution >= 0.6 is 0 Å². The second kappa shape index (κ2) is 14.7. The molecule has 0 spiro atoms. The van der Waals surface area contributed by atoms with E-state index in [1.165, 1.54) is 0 Å². The highest BCUT2D eigenvalue weighted by atomic mass is 16.3. The van der Waals surface area contributed by atoms with E-state index in [2.05, 4.69) is 215 Å². The van der Waals surface area contributed by atoms with Gasteiger partial charge in [-0.3, -0.25) is 4.57 Å². The summed E-state index contributed by atoms with van der Waals surface area (Å²) in [5.74, 6) is 2.27. The van der Waals surface area contributed by atoms with Gasteiger partial charge < -0.3 is 8.98 Å². The predicted molar refractivity (Wildman–Crippen MR) is 273 cm³/mol. The highest BCUT2D eigenvalue weighted by Crippen LogP contribution is 2.43. The molecule has 0 aliphatic rings. The van der Waals surface area contributed by atoms with Crippen molar-refractivity contribution in [1.82, 2.24) is 29.1 Å². The number of para-hydroxylation sites is 3. The molecule has 0 N–H and O–H groups in total. The number of hydrogen-bond acceptors (Lipinski definition) is 5. The molecule has 0 unspecified atom stereocenters. The van der Waals surface area contributed by atoms with Crippen molar-refractivity contribution in [3.63, 3.8) is 0 Å². The highest BCUT2D eigenvalue weighted by Gasteiger charge is 2.25. The van der Waals surface area contributed by atoms with Crippen molar-refractivity contribution in [3.8, 4) is 57.0 Å². The molecule has 7 nitrogen and oxygen atoms in total. The van der Waals surface area contributed by atoms with Crippen molar-refractivity contribution < 1.29 is 4.42 Å². The zero-order chi connectivity index (χ0) is 44.0. The first-order valence-corrected chi connectivity index (χ1v) is 22.5. The van der Waals surface area contributed by atoms with Crippen molar-refractivity contribution >= 4 is 76.3 Å². The molecule has 0 fully saturated rings. The Kier molecular flexibility index (Phi) is 8.15. The van der Waals surface area contributed by atoms with Crippen LogP contribution in [0.1, 0.15) is 0 Å². The summed E-state index contributed by atoms with van der Waals surface area (Å²) in [7, 11) is 0. The molecule has 14 rings (SSSR count). The average molecular weight is 857 g/mol. The van der Waals surface area contributed by atoms with E-state index in [9.17, 15) is 0 Å². The van der Waals surface area contributed by atoms with Crippen LogP contribution in [0.2, 0.25) is 0 Å². The molecule has 0 saturated heterocycles. The molecule has 4 heterocycles. The smallest absolute Gasteiger partial charge is 0.238 e. The Hall–Kier alpha value is -9.20. The summed E-state index contributed by atoms with van der Waals surface area (Å²) in [6.45, 7) is 0. The SMILES string of the molecule is c1ccc(-c2cccc(-c3nc4cccc(-n5c6ccccc6c6ccc7c8ccccc8n(-c8nc(-c9ccc%10ccccc%10c9)nc(-c9cccc%10ccccc9%10)n8)c7c65)c4o3)c2)cc1. The van der Waals surface area contributed by atoms with Crippen molar-refractivity contribution in [2.45, 2.75) is 0 Å². The van der Waals surface area contributed by atoms with Gasteiger partial charge in [-0.1, -0.05) is 176 Å². The van der Waals surface area contributed by atoms with Crippen LogP contribution in [0.15, 0.2) is 223 Å². The Bertz CT molecular complexity index is 4290. The second-order valence-corrected chi connectivity index (χ2v) is 17.0. The molecule has 0 bridgehead atoms. The van der Waals surface area contributed by atoms with Gasteiger partial charge in [0.25, 0.3) is 0 Å². The Morgan fingerprint density at radius 1 is 0.343 bits per heavy atom. The van der Waals surface area contributed by atoms with Crippen molar-refractivity contribution in [1.29, 1.82) is 0 Å². The van der Waals surface area contributed by atoms with Crippen LogP contribution in [-0.4, -0.2) is 29.1 Å². The number of hydrogen-bond donors (Lipinski definition) is 0. The van der Waals surface area contributed by atoms with E-state index >= 15 is 0 Å². The van der Waals surface area contributed by atoms with Gasteiger partial charge in [-0.05, 0) is 75.1 Å². The summed E-state index contributed by atoms with van der Waals surface area (Å²) in [6, 6.07) is 76.2. The van der Waals surface area contributed by atoms with Gasteiger partial charge in [0.15, 0.2) is 17.2 Å². The molecule has 7 heteroatoms. The Balaban J connectivity index is 1.07. The summed E-state index contributed by atoms with van der Waals surface area (Å²) < 4.78 is 11.5. The van der Waals surface area contributed by atoms with Crippen LogP contribution < -0.4 is 0 Å². The number of fused-ring (bicyclic) bond motifs is 10. The van der Waals surface area contributed by atoms with Gasteiger partial charge >= 0.3 is 0 Å². The van der Waals surface area contributed by atoms with E-state index in [1.54, 1.807) is 0 Å². The highest BCUT2D eigenvalue weighted by molar-refractivity contribution is 6.24. The minimum atomic E-state index is 0.523. The summed E-state index contributed by atoms with van der Waals surface area (Å²) in [5.41, 5.74) is 11.4. The van der Waals surface area contributed by atoms with Crippen LogP contribution in [-0.2, 0) is 0 Å². The van der Waals surface area contributed by atoms with Gasteiger partial charge in [0.2, 0.25) is 11.8 Å². The van der Waals surface area contributed by atoms with Crippen LogP contribution in [0.4, 0.5) is 0 Å². The third kappa shape index (κ3) is 5.85. The fraction of sp³-hybridized carbons (Fsp3) is 0. The zero-order valence-electron chi connectivity index (χ0n) is 35.9. The fourth-order valence-electron chi connectivity index (χ4n) is 10.1. The molecule has 4 aromatic heterocycles. The van der Waals surface area contributed by atoms with E-state index in [0.29, 0.717) is 29.1 Å². The maximum absolute atomic E-state index is 6.91. The normalized spacial score (nSPS) is 11.9. The molecule has 0 aliphatic heterocycles. The van der Waals surface area contributed by atoms with Crippen LogP contribution in [0.3, 0.4) is 0 Å². The lowest BCUT2D eigenvalue weighted by Gasteiger charge is -2.14. The molecule has 0 radical (unpaired) electrons. The van der Waals surface area contributed by atoms with E-state index in [-0.39, 0.29) is 0 Å². The van der Waals surface area contributed by atoms with E-state index < -0.39 is 0 Å². The van der Waals surface area contributed by atoms with Crippen LogP contribution in [0, 0.1) is 0 Å². The van der Waals surface area contributed by atoms with Gasteiger partial charge in [0, 0.05) is 38.2 Å². The number of oxazole rings is 1. The van der Waals surface area contributed by atoms with Crippen molar-refractivity contribution in [3.05, 3.63) is 218 Å². The molecule has 14 aromatic rings. The molecule has 312 valence electrons. The monoisotopic (exact) mass is 856 g/mol.